The molecule has 0 spiro atoms. The normalized spacial score (nSPS) is 13.2. The lowest BCUT2D eigenvalue weighted by atomic mass is 9.89. The lowest BCUT2D eigenvalue weighted by Crippen LogP contribution is -2.18. The highest BCUT2D eigenvalue weighted by Gasteiger charge is 2.30. The summed E-state index contributed by atoms with van der Waals surface area (Å²) in [6, 6.07) is 18.6. The molecule has 1 unspecified atom stereocenters. The van der Waals surface area contributed by atoms with Crippen LogP contribution in [0.15, 0.2) is 60.7 Å². The molecular formula is C31H33N5O5. The van der Waals surface area contributed by atoms with E-state index < -0.39 is 24.4 Å². The van der Waals surface area contributed by atoms with Gasteiger partial charge in [0.1, 0.15) is 17.3 Å². The maximum absolute atomic E-state index is 12.7. The fraction of sp³-hybridized carbons (Fsp3) is 0.290. The van der Waals surface area contributed by atoms with Gasteiger partial charge in [-0.1, -0.05) is 35.9 Å². The van der Waals surface area contributed by atoms with E-state index in [1.807, 2.05) is 37.3 Å². The molecule has 4 aromatic rings. The molecule has 41 heavy (non-hydrogen) atoms. The maximum Gasteiger partial charge on any atom is 0.304 e. The molecule has 1 aliphatic rings. The fourth-order valence-electron chi connectivity index (χ4n) is 5.19. The number of nitrogens with two attached hydrogens (primary N) is 1. The summed E-state index contributed by atoms with van der Waals surface area (Å²) in [4.78, 5) is 29.4. The number of amides is 1. The van der Waals surface area contributed by atoms with Crippen molar-refractivity contribution in [3.63, 3.8) is 0 Å². The summed E-state index contributed by atoms with van der Waals surface area (Å²) in [5, 5.41) is 28.0. The van der Waals surface area contributed by atoms with Crippen LogP contribution >= 0.6 is 0 Å². The van der Waals surface area contributed by atoms with Gasteiger partial charge in [-0.3, -0.25) is 14.3 Å². The van der Waals surface area contributed by atoms with Crippen molar-refractivity contribution in [2.75, 3.05) is 11.9 Å². The Labute approximate surface area is 237 Å². The Kier molecular flexibility index (Phi) is 8.30. The number of fused-ring (bicyclic) bond motifs is 1. The third-order valence-corrected chi connectivity index (χ3v) is 7.24. The van der Waals surface area contributed by atoms with Crippen molar-refractivity contribution < 1.29 is 24.5 Å². The van der Waals surface area contributed by atoms with Crippen molar-refractivity contribution in [2.24, 2.45) is 5.73 Å². The molecule has 5 rings (SSSR count). The fourth-order valence-corrected chi connectivity index (χ4v) is 5.19. The molecule has 1 amide bonds. The number of ether oxygens (including phenoxy) is 1. The van der Waals surface area contributed by atoms with Crippen molar-refractivity contribution in [1.29, 1.82) is 0 Å². The molecule has 0 aliphatic carbocycles. The first-order valence-electron chi connectivity index (χ1n) is 13.6. The lowest BCUT2D eigenvalue weighted by molar-refractivity contribution is -0.137. The van der Waals surface area contributed by atoms with Gasteiger partial charge in [-0.15, -0.1) is 0 Å². The number of aliphatic hydroxyl groups excluding tert-OH is 1. The molecule has 10 heteroatoms. The van der Waals surface area contributed by atoms with Crippen LogP contribution in [-0.2, 0) is 30.8 Å². The number of aromatic nitrogens is 3. The van der Waals surface area contributed by atoms with Crippen LogP contribution in [0.4, 0.5) is 5.82 Å². The second-order valence-corrected chi connectivity index (χ2v) is 10.2. The van der Waals surface area contributed by atoms with Crippen LogP contribution in [0.5, 0.6) is 11.5 Å². The molecule has 10 nitrogen and oxygen atoms in total. The summed E-state index contributed by atoms with van der Waals surface area (Å²) in [5.74, 6) is -0.636. The topological polar surface area (TPSA) is 153 Å². The number of anilines is 1. The third kappa shape index (κ3) is 6.38. The number of hydrogen-bond acceptors (Lipinski definition) is 7. The van der Waals surface area contributed by atoms with Gasteiger partial charge in [0.25, 0.3) is 5.91 Å². The number of hydrogen-bond donors (Lipinski definition) is 4. The zero-order valence-corrected chi connectivity index (χ0v) is 22.8. The number of aryl methyl sites for hydroxylation is 4. The van der Waals surface area contributed by atoms with Gasteiger partial charge in [0.05, 0.1) is 30.0 Å². The number of aliphatic hydroxyl groups is 1. The average molecular weight is 556 g/mol. The molecule has 2 aromatic carbocycles. The molecule has 0 saturated carbocycles. The highest BCUT2D eigenvalue weighted by molar-refractivity contribution is 5.95. The van der Waals surface area contributed by atoms with Crippen LogP contribution in [0.1, 0.15) is 62.9 Å². The number of carbonyl (C=O) groups excluding carboxylic acids is 1. The summed E-state index contributed by atoms with van der Waals surface area (Å²) in [5.41, 5.74) is 9.97. The predicted molar refractivity (Wildman–Crippen MR) is 153 cm³/mol. The zero-order chi connectivity index (χ0) is 28.9. The number of pyridine rings is 1. The quantitative estimate of drug-likeness (QED) is 0.215. The van der Waals surface area contributed by atoms with E-state index in [1.54, 1.807) is 24.3 Å². The second-order valence-electron chi connectivity index (χ2n) is 10.2. The SMILES string of the molecule is Cc1ccc(Oc2cccc(C(CC(=O)O)c3nn(CCc4ccc5c(n4)NCCC5)c(CO)c3C(N)=O)c2)cc1. The van der Waals surface area contributed by atoms with Gasteiger partial charge < -0.3 is 26.0 Å². The van der Waals surface area contributed by atoms with Crippen molar-refractivity contribution in [1.82, 2.24) is 14.8 Å². The monoisotopic (exact) mass is 555 g/mol. The van der Waals surface area contributed by atoms with Crippen LogP contribution < -0.4 is 15.8 Å². The summed E-state index contributed by atoms with van der Waals surface area (Å²) < 4.78 is 7.54. The molecule has 0 saturated heterocycles. The Bertz CT molecular complexity index is 1560. The van der Waals surface area contributed by atoms with Gasteiger partial charge in [-0.05, 0) is 61.2 Å². The number of primary amides is 1. The van der Waals surface area contributed by atoms with Gasteiger partial charge in [0.15, 0.2) is 0 Å². The van der Waals surface area contributed by atoms with Crippen LogP contribution in [0.25, 0.3) is 0 Å². The largest absolute Gasteiger partial charge is 0.481 e. The number of benzene rings is 2. The van der Waals surface area contributed by atoms with Gasteiger partial charge >= 0.3 is 5.97 Å². The lowest BCUT2D eigenvalue weighted by Gasteiger charge is -2.17. The Morgan fingerprint density at radius 2 is 1.93 bits per heavy atom. The summed E-state index contributed by atoms with van der Waals surface area (Å²) in [7, 11) is 0. The molecule has 1 aliphatic heterocycles. The molecule has 1 atom stereocenters. The maximum atomic E-state index is 12.7. The van der Waals surface area contributed by atoms with E-state index >= 15 is 0 Å². The standard InChI is InChI=1S/C31H33N5O5/c1-19-7-11-23(12-8-19)41-24-6-2-4-21(16-24)25(17-27(38)39)29-28(30(32)40)26(18-37)36(35-29)15-13-22-10-9-20-5-3-14-33-31(20)34-22/h2,4,6-12,16,25,37H,3,5,13-15,17-18H2,1H3,(H2,32,40)(H,33,34)(H,38,39). The number of rotatable bonds is 11. The minimum absolute atomic E-state index is 0.0312. The van der Waals surface area contributed by atoms with Crippen molar-refractivity contribution in [2.45, 2.75) is 51.7 Å². The van der Waals surface area contributed by atoms with Gasteiger partial charge in [-0.25, -0.2) is 4.98 Å². The number of nitrogens with zero attached hydrogens (tertiary/aromatic N) is 3. The minimum Gasteiger partial charge on any atom is -0.481 e. The van der Waals surface area contributed by atoms with E-state index in [9.17, 15) is 19.8 Å². The zero-order valence-electron chi connectivity index (χ0n) is 22.8. The number of carbonyl (C=O) groups is 2. The number of nitrogens with one attached hydrogen (secondary N) is 1. The molecule has 0 fully saturated rings. The van der Waals surface area contributed by atoms with Crippen LogP contribution in [0.2, 0.25) is 0 Å². The average Bonchev–Trinajstić information content (AvgIpc) is 3.34. The summed E-state index contributed by atoms with van der Waals surface area (Å²) >= 11 is 0. The first-order valence-corrected chi connectivity index (χ1v) is 13.6. The predicted octanol–water partition coefficient (Wildman–Crippen LogP) is 4.18. The second kappa shape index (κ2) is 12.2. The molecule has 2 aromatic heterocycles. The van der Waals surface area contributed by atoms with Crippen LogP contribution in [0, 0.1) is 6.92 Å². The van der Waals surface area contributed by atoms with Gasteiger partial charge in [-0.2, -0.15) is 5.10 Å². The molecule has 212 valence electrons. The van der Waals surface area contributed by atoms with E-state index in [1.165, 1.54) is 10.2 Å². The first kappa shape index (κ1) is 27.9. The highest BCUT2D eigenvalue weighted by atomic mass is 16.5. The molecule has 0 radical (unpaired) electrons. The molecule has 5 N–H and O–H groups in total. The van der Waals surface area contributed by atoms with Gasteiger partial charge in [0, 0.05) is 31.1 Å². The van der Waals surface area contributed by atoms with Crippen molar-refractivity contribution in [3.8, 4) is 11.5 Å². The number of aliphatic carboxylic acids is 1. The number of carboxylic acids is 1. The minimum atomic E-state index is -1.07. The van der Waals surface area contributed by atoms with E-state index in [2.05, 4.69) is 16.5 Å². The Morgan fingerprint density at radius 1 is 1.12 bits per heavy atom. The highest BCUT2D eigenvalue weighted by Crippen LogP contribution is 2.34. The summed E-state index contributed by atoms with van der Waals surface area (Å²) in [6.45, 7) is 2.70. The summed E-state index contributed by atoms with van der Waals surface area (Å²) in [6.07, 6.45) is 2.20. The van der Waals surface area contributed by atoms with Crippen molar-refractivity contribution in [3.05, 3.63) is 100.0 Å². The van der Waals surface area contributed by atoms with Crippen molar-refractivity contribution >= 4 is 17.7 Å². The van der Waals surface area contributed by atoms with Crippen LogP contribution in [-0.4, -0.2) is 43.4 Å². The molecule has 3 heterocycles. The third-order valence-electron chi connectivity index (χ3n) is 7.24. The van der Waals surface area contributed by atoms with E-state index in [4.69, 9.17) is 15.5 Å². The Morgan fingerprint density at radius 3 is 2.66 bits per heavy atom. The van der Waals surface area contributed by atoms with Crippen LogP contribution in [0.3, 0.4) is 0 Å². The van der Waals surface area contributed by atoms with E-state index in [0.29, 0.717) is 30.0 Å². The van der Waals surface area contributed by atoms with Gasteiger partial charge in [0.2, 0.25) is 0 Å². The van der Waals surface area contributed by atoms with E-state index in [-0.39, 0.29) is 23.4 Å². The number of carboxylic acid groups (broad SMARTS) is 1. The first-order chi connectivity index (χ1) is 19.8. The molecule has 0 bridgehead atoms. The Balaban J connectivity index is 1.48. The molecular weight excluding hydrogens is 522 g/mol. The Hall–Kier alpha value is -4.70. The smallest absolute Gasteiger partial charge is 0.304 e. The van der Waals surface area contributed by atoms with E-state index in [0.717, 1.165) is 36.5 Å².